The molecule has 0 saturated heterocycles. The van der Waals surface area contributed by atoms with Gasteiger partial charge in [-0.1, -0.05) is 6.07 Å². The second-order valence-corrected chi connectivity index (χ2v) is 5.71. The highest BCUT2D eigenvalue weighted by Gasteiger charge is 2.36. The molecule has 0 saturated carbocycles. The number of nitrogens with zero attached hydrogens (tertiary/aromatic N) is 1. The second-order valence-electron chi connectivity index (χ2n) is 4.72. The van der Waals surface area contributed by atoms with Crippen molar-refractivity contribution < 1.29 is 18.7 Å². The number of aromatic nitrogens is 1. The Kier molecular flexibility index (Phi) is 2.74. The molecule has 0 N–H and O–H groups in total. The first-order chi connectivity index (χ1) is 10.7. The third-order valence-electron chi connectivity index (χ3n) is 3.50. The minimum atomic E-state index is -0.266. The van der Waals surface area contributed by atoms with Gasteiger partial charge >= 0.3 is 0 Å². The highest BCUT2D eigenvalue weighted by molar-refractivity contribution is 7.17. The Labute approximate surface area is 129 Å². The van der Waals surface area contributed by atoms with Gasteiger partial charge in [-0.2, -0.15) is 0 Å². The number of thiazole rings is 1. The largest absolute Gasteiger partial charge is 0.496 e. The first-order valence-electron chi connectivity index (χ1n) is 6.52. The van der Waals surface area contributed by atoms with Crippen molar-refractivity contribution in [1.82, 2.24) is 4.98 Å². The summed E-state index contributed by atoms with van der Waals surface area (Å²) in [4.78, 5) is 30.0. The van der Waals surface area contributed by atoms with Gasteiger partial charge in [-0.05, 0) is 24.3 Å². The van der Waals surface area contributed by atoms with Gasteiger partial charge in [-0.15, -0.1) is 11.3 Å². The average Bonchev–Trinajstić information content (AvgIpc) is 3.20. The maximum Gasteiger partial charge on any atom is 0.213 e. The number of methoxy groups -OCH3 is 1. The predicted octanol–water partition coefficient (Wildman–Crippen LogP) is 3.19. The van der Waals surface area contributed by atoms with E-state index in [1.54, 1.807) is 30.3 Å². The van der Waals surface area contributed by atoms with Gasteiger partial charge in [0.15, 0.2) is 10.8 Å². The fourth-order valence-corrected chi connectivity index (χ4v) is 3.48. The molecule has 0 bridgehead atoms. The third-order valence-corrected chi connectivity index (χ3v) is 4.57. The fraction of sp³-hybridized carbons (Fsp3) is 0.0625. The molecule has 0 atom stereocenters. The zero-order valence-corrected chi connectivity index (χ0v) is 12.3. The maximum atomic E-state index is 12.7. The van der Waals surface area contributed by atoms with Crippen LogP contribution in [0.15, 0.2) is 41.0 Å². The van der Waals surface area contributed by atoms with Crippen molar-refractivity contribution in [1.29, 1.82) is 0 Å². The fourth-order valence-electron chi connectivity index (χ4n) is 2.50. The number of ether oxygens (including phenoxy) is 1. The van der Waals surface area contributed by atoms with E-state index < -0.39 is 0 Å². The molecule has 6 heteroatoms. The smallest absolute Gasteiger partial charge is 0.213 e. The van der Waals surface area contributed by atoms with Crippen molar-refractivity contribution in [3.05, 3.63) is 58.3 Å². The normalized spacial score (nSPS) is 13.0. The Morgan fingerprint density at radius 3 is 2.73 bits per heavy atom. The van der Waals surface area contributed by atoms with Crippen molar-refractivity contribution in [3.8, 4) is 16.5 Å². The summed E-state index contributed by atoms with van der Waals surface area (Å²) in [5, 5.41) is 0.517. The SMILES string of the molecule is COc1cccc2c1C(=O)c1sc(-c3ccco3)nc1C2=O. The van der Waals surface area contributed by atoms with Crippen LogP contribution in [0, 0.1) is 0 Å². The number of benzene rings is 1. The molecule has 2 heterocycles. The summed E-state index contributed by atoms with van der Waals surface area (Å²) in [6.07, 6.45) is 1.52. The van der Waals surface area contributed by atoms with Crippen LogP contribution in [-0.4, -0.2) is 23.7 Å². The first kappa shape index (κ1) is 13.0. The van der Waals surface area contributed by atoms with Crippen LogP contribution in [-0.2, 0) is 0 Å². The van der Waals surface area contributed by atoms with E-state index in [0.29, 0.717) is 32.5 Å². The van der Waals surface area contributed by atoms with Gasteiger partial charge in [0.1, 0.15) is 16.3 Å². The second kappa shape index (κ2) is 4.64. The number of carbonyl (C=O) groups is 2. The molecule has 5 nitrogen and oxygen atoms in total. The molecule has 108 valence electrons. The lowest BCUT2D eigenvalue weighted by Crippen LogP contribution is -2.20. The standard InChI is InChI=1S/C16H9NO4S/c1-20-9-5-2-4-8-11(9)14(19)15-12(13(8)18)17-16(22-15)10-6-3-7-21-10/h2-7H,1H3. The lowest BCUT2D eigenvalue weighted by Gasteiger charge is -2.15. The lowest BCUT2D eigenvalue weighted by molar-refractivity contribution is 0.0976. The van der Waals surface area contributed by atoms with E-state index >= 15 is 0 Å². The van der Waals surface area contributed by atoms with Crippen LogP contribution >= 0.6 is 11.3 Å². The Morgan fingerprint density at radius 1 is 1.14 bits per heavy atom. The molecule has 3 aromatic rings. The van der Waals surface area contributed by atoms with Crippen molar-refractivity contribution in [3.63, 3.8) is 0 Å². The van der Waals surface area contributed by atoms with E-state index in [1.807, 2.05) is 0 Å². The number of rotatable bonds is 2. The van der Waals surface area contributed by atoms with Crippen LogP contribution in [0.2, 0.25) is 0 Å². The van der Waals surface area contributed by atoms with E-state index in [4.69, 9.17) is 9.15 Å². The summed E-state index contributed by atoms with van der Waals surface area (Å²) < 4.78 is 10.5. The molecule has 4 rings (SSSR count). The first-order valence-corrected chi connectivity index (χ1v) is 7.33. The van der Waals surface area contributed by atoms with E-state index in [9.17, 15) is 9.59 Å². The average molecular weight is 311 g/mol. The van der Waals surface area contributed by atoms with Gasteiger partial charge in [-0.25, -0.2) is 4.98 Å². The molecule has 22 heavy (non-hydrogen) atoms. The summed E-state index contributed by atoms with van der Waals surface area (Å²) >= 11 is 1.16. The Balaban J connectivity index is 1.94. The number of fused-ring (bicyclic) bond motifs is 2. The Hall–Kier alpha value is -2.73. The van der Waals surface area contributed by atoms with Gasteiger partial charge in [0, 0.05) is 5.56 Å². The number of hydrogen-bond donors (Lipinski definition) is 0. The van der Waals surface area contributed by atoms with Crippen molar-refractivity contribution in [2.45, 2.75) is 0 Å². The molecule has 0 aliphatic heterocycles. The van der Waals surface area contributed by atoms with E-state index in [2.05, 4.69) is 4.98 Å². The maximum absolute atomic E-state index is 12.7. The van der Waals surface area contributed by atoms with E-state index in [1.165, 1.54) is 13.4 Å². The van der Waals surface area contributed by atoms with Gasteiger partial charge < -0.3 is 9.15 Å². The topological polar surface area (TPSA) is 69.4 Å². The summed E-state index contributed by atoms with van der Waals surface area (Å²) in [7, 11) is 1.48. The Bertz CT molecular complexity index is 908. The summed E-state index contributed by atoms with van der Waals surface area (Å²) in [6.45, 7) is 0. The molecule has 0 unspecified atom stereocenters. The van der Waals surface area contributed by atoms with Crippen molar-refractivity contribution >= 4 is 22.9 Å². The van der Waals surface area contributed by atoms with Crippen LogP contribution in [0.25, 0.3) is 10.8 Å². The molecular formula is C16H9NO4S. The van der Waals surface area contributed by atoms with Gasteiger partial charge in [0.05, 0.1) is 18.9 Å². The van der Waals surface area contributed by atoms with Crippen molar-refractivity contribution in [2.24, 2.45) is 0 Å². The quantitative estimate of drug-likeness (QED) is 0.568. The van der Waals surface area contributed by atoms with Crippen LogP contribution in [0.5, 0.6) is 5.75 Å². The van der Waals surface area contributed by atoms with E-state index in [0.717, 1.165) is 11.3 Å². The molecule has 1 aromatic carbocycles. The van der Waals surface area contributed by atoms with Crippen molar-refractivity contribution in [2.75, 3.05) is 7.11 Å². The number of ketones is 2. The third kappa shape index (κ3) is 1.67. The van der Waals surface area contributed by atoms with Crippen LogP contribution in [0.1, 0.15) is 31.3 Å². The van der Waals surface area contributed by atoms with Gasteiger partial charge in [-0.3, -0.25) is 9.59 Å². The minimum absolute atomic E-state index is 0.183. The molecule has 1 aliphatic carbocycles. The molecule has 1 aliphatic rings. The summed E-state index contributed by atoms with van der Waals surface area (Å²) in [6, 6.07) is 8.45. The number of furan rings is 1. The van der Waals surface area contributed by atoms with Crippen LogP contribution in [0.3, 0.4) is 0 Å². The number of carbonyl (C=O) groups excluding carboxylic acids is 2. The van der Waals surface area contributed by atoms with E-state index in [-0.39, 0.29) is 17.3 Å². The monoisotopic (exact) mass is 311 g/mol. The highest BCUT2D eigenvalue weighted by Crippen LogP contribution is 2.38. The van der Waals surface area contributed by atoms with Gasteiger partial charge in [0.25, 0.3) is 0 Å². The zero-order chi connectivity index (χ0) is 15.3. The molecule has 0 radical (unpaired) electrons. The number of hydrogen-bond acceptors (Lipinski definition) is 6. The molecule has 0 spiro atoms. The molecule has 0 amide bonds. The lowest BCUT2D eigenvalue weighted by atomic mass is 9.90. The van der Waals surface area contributed by atoms with Crippen LogP contribution < -0.4 is 4.74 Å². The molecule has 0 fully saturated rings. The summed E-state index contributed by atoms with van der Waals surface area (Å²) in [5.41, 5.74) is 0.812. The Morgan fingerprint density at radius 2 is 2.00 bits per heavy atom. The van der Waals surface area contributed by atoms with Gasteiger partial charge in [0.2, 0.25) is 11.6 Å². The molecular weight excluding hydrogens is 302 g/mol. The van der Waals surface area contributed by atoms with Crippen LogP contribution in [0.4, 0.5) is 0 Å². The highest BCUT2D eigenvalue weighted by atomic mass is 32.1. The predicted molar refractivity (Wildman–Crippen MR) is 79.7 cm³/mol. The zero-order valence-electron chi connectivity index (χ0n) is 11.5. The minimum Gasteiger partial charge on any atom is -0.496 e. The summed E-state index contributed by atoms with van der Waals surface area (Å²) in [5.74, 6) is 0.431. The molecule has 2 aromatic heterocycles.